The number of ether oxygens (including phenoxy) is 1. The fraction of sp³-hybridized carbons (Fsp3) is 0.324. The molecule has 1 fully saturated rings. The van der Waals surface area contributed by atoms with E-state index in [0.717, 1.165) is 15.6 Å². The number of nitrogens with two attached hydrogens (primary N) is 1. The van der Waals surface area contributed by atoms with Gasteiger partial charge in [0.05, 0.1) is 11.6 Å². The number of nitrogens with zero attached hydrogens (tertiary/aromatic N) is 3. The Morgan fingerprint density at radius 2 is 1.80 bits per heavy atom. The quantitative estimate of drug-likeness (QED) is 0.237. The van der Waals surface area contributed by atoms with Crippen LogP contribution >= 0.6 is 27.5 Å². The molecule has 0 aromatic heterocycles. The maximum Gasteiger partial charge on any atom is 0.326 e. The number of urea groups is 1. The molecule has 12 heteroatoms. The Morgan fingerprint density at radius 1 is 1.11 bits per heavy atom. The predicted octanol–water partition coefficient (Wildman–Crippen LogP) is 6.07. The van der Waals surface area contributed by atoms with Crippen LogP contribution in [0.25, 0.3) is 0 Å². The Balaban J connectivity index is 0.00000154. The maximum absolute atomic E-state index is 14.5. The smallest absolute Gasteiger partial charge is 0.326 e. The van der Waals surface area contributed by atoms with E-state index >= 15 is 0 Å². The number of Topliss-reactive ketones (excluding diaryl/α,β-unsaturated/α-hetero) is 1. The third-order valence-corrected chi connectivity index (χ3v) is 8.03. The van der Waals surface area contributed by atoms with Crippen molar-refractivity contribution in [2.24, 2.45) is 10.7 Å². The number of hydrogen-bond donors (Lipinski definition) is 2. The number of halogens is 2. The second kappa shape index (κ2) is 14.9. The second-order valence-electron chi connectivity index (χ2n) is 11.7. The number of aliphatic imine (C=N–C) groups is 1. The summed E-state index contributed by atoms with van der Waals surface area (Å²) in [7, 11) is 0. The molecule has 3 N–H and O–H groups in total. The van der Waals surface area contributed by atoms with Crippen molar-refractivity contribution in [2.45, 2.75) is 51.8 Å². The lowest BCUT2D eigenvalue weighted by molar-refractivity contribution is -0.123. The summed E-state index contributed by atoms with van der Waals surface area (Å²) in [5.74, 6) is 0.600. The summed E-state index contributed by atoms with van der Waals surface area (Å²) in [5.41, 5.74) is 6.35. The number of carbonyl (C=O) groups excluding carboxylic acids is 4. The summed E-state index contributed by atoms with van der Waals surface area (Å²) >= 11 is 9.97. The molecule has 2 heterocycles. The van der Waals surface area contributed by atoms with Crippen molar-refractivity contribution < 1.29 is 23.9 Å². The lowest BCUT2D eigenvalue weighted by atomic mass is 9.93. The number of ketones is 1. The van der Waals surface area contributed by atoms with E-state index in [0.29, 0.717) is 47.2 Å². The molecule has 0 saturated carbocycles. The predicted molar refractivity (Wildman–Crippen MR) is 181 cm³/mol. The summed E-state index contributed by atoms with van der Waals surface area (Å²) in [6.45, 7) is 8.25. The van der Waals surface area contributed by atoms with Crippen molar-refractivity contribution in [2.75, 3.05) is 19.6 Å². The van der Waals surface area contributed by atoms with Gasteiger partial charge in [-0.2, -0.15) is 0 Å². The molecule has 2 aliphatic heterocycles. The third-order valence-electron chi connectivity index (χ3n) is 7.27. The molecule has 5 rings (SSSR count). The fourth-order valence-corrected chi connectivity index (χ4v) is 5.80. The summed E-state index contributed by atoms with van der Waals surface area (Å²) in [6, 6.07) is 19.1. The van der Waals surface area contributed by atoms with Crippen molar-refractivity contribution in [1.29, 1.82) is 0 Å². The Kier molecular flexibility index (Phi) is 11.2. The molecule has 3 aromatic rings. The highest BCUT2D eigenvalue weighted by atomic mass is 79.9. The monoisotopic (exact) mass is 709 g/mol. The largest absolute Gasteiger partial charge is 0.487 e. The Bertz CT molecular complexity index is 1640. The Labute approximate surface area is 282 Å². The van der Waals surface area contributed by atoms with Gasteiger partial charge >= 0.3 is 6.03 Å². The SMILES string of the molecule is CCC(=O)c1ccc(C2=NC(c3cccc(Cl)c3)C(c3ccc(Br)cc3)N2C(=O)N2CCNC(=O)C2)c(OC(C)(C)C)c1.NC=O. The molecule has 2 atom stereocenters. The van der Waals surface area contributed by atoms with Gasteiger partial charge in [-0.1, -0.05) is 64.8 Å². The topological polar surface area (TPSA) is 134 Å². The number of piperazine rings is 1. The van der Waals surface area contributed by atoms with Crippen molar-refractivity contribution in [3.8, 4) is 5.75 Å². The molecule has 242 valence electrons. The molecule has 3 aromatic carbocycles. The van der Waals surface area contributed by atoms with Crippen LogP contribution in [0.2, 0.25) is 5.02 Å². The lowest BCUT2D eigenvalue weighted by Crippen LogP contribution is -2.55. The van der Waals surface area contributed by atoms with Crippen LogP contribution in [-0.2, 0) is 9.59 Å². The summed E-state index contributed by atoms with van der Waals surface area (Å²) in [4.78, 5) is 56.6. The van der Waals surface area contributed by atoms with Gasteiger partial charge in [0.1, 0.15) is 29.8 Å². The Hall–Kier alpha value is -4.22. The molecule has 4 amide bonds. The van der Waals surface area contributed by atoms with E-state index in [1.54, 1.807) is 34.1 Å². The van der Waals surface area contributed by atoms with Crippen LogP contribution in [0.5, 0.6) is 5.75 Å². The third kappa shape index (κ3) is 8.13. The molecule has 0 spiro atoms. The fourth-order valence-electron chi connectivity index (χ4n) is 5.34. The van der Waals surface area contributed by atoms with Gasteiger partial charge in [-0.05, 0) is 68.3 Å². The first-order valence-corrected chi connectivity index (χ1v) is 16.0. The average molecular weight is 711 g/mol. The van der Waals surface area contributed by atoms with Gasteiger partial charge in [-0.3, -0.25) is 24.3 Å². The number of rotatable bonds is 6. The number of primary amides is 1. The van der Waals surface area contributed by atoms with Crippen molar-refractivity contribution in [1.82, 2.24) is 15.1 Å². The normalized spacial score (nSPS) is 17.8. The van der Waals surface area contributed by atoms with E-state index in [9.17, 15) is 14.4 Å². The zero-order valence-electron chi connectivity index (χ0n) is 26.1. The van der Waals surface area contributed by atoms with Crippen LogP contribution in [0.4, 0.5) is 4.79 Å². The van der Waals surface area contributed by atoms with Crippen LogP contribution in [0.15, 0.2) is 76.2 Å². The molecule has 1 saturated heterocycles. The molecular formula is C34H37BrClN5O5. The molecule has 2 aliphatic rings. The average Bonchev–Trinajstić information content (AvgIpc) is 3.40. The molecule has 10 nitrogen and oxygen atoms in total. The van der Waals surface area contributed by atoms with Gasteiger partial charge in [0.25, 0.3) is 0 Å². The van der Waals surface area contributed by atoms with E-state index in [2.05, 4.69) is 27.0 Å². The maximum atomic E-state index is 14.5. The van der Waals surface area contributed by atoms with E-state index < -0.39 is 17.7 Å². The molecular weight excluding hydrogens is 674 g/mol. The first-order valence-electron chi connectivity index (χ1n) is 14.8. The minimum Gasteiger partial charge on any atom is -0.487 e. The number of carbonyl (C=O) groups is 4. The minimum absolute atomic E-state index is 0.0181. The van der Waals surface area contributed by atoms with Crippen molar-refractivity contribution in [3.05, 3.63) is 98.5 Å². The number of nitrogens with one attached hydrogen (secondary N) is 1. The lowest BCUT2D eigenvalue weighted by Gasteiger charge is -2.36. The number of amidine groups is 1. The molecule has 0 bridgehead atoms. The van der Waals surface area contributed by atoms with E-state index in [-0.39, 0.29) is 30.7 Å². The Morgan fingerprint density at radius 3 is 2.41 bits per heavy atom. The highest BCUT2D eigenvalue weighted by Gasteiger charge is 2.45. The zero-order chi connectivity index (χ0) is 33.6. The van der Waals surface area contributed by atoms with Crippen molar-refractivity contribution >= 4 is 57.5 Å². The number of amides is 4. The number of benzene rings is 3. The first kappa shape index (κ1) is 34.6. The highest BCUT2D eigenvalue weighted by molar-refractivity contribution is 9.10. The van der Waals surface area contributed by atoms with Crippen molar-refractivity contribution in [3.63, 3.8) is 0 Å². The van der Waals surface area contributed by atoms with Crippen LogP contribution < -0.4 is 15.8 Å². The van der Waals surface area contributed by atoms with E-state index in [1.807, 2.05) is 70.2 Å². The van der Waals surface area contributed by atoms with E-state index in [1.165, 1.54) is 0 Å². The standard InChI is InChI=1S/C33H34BrClN4O4.CH3NO/c1-5-26(40)21-11-14-25(27(18-21)43-33(2,3)4)31-37-29(22-7-6-8-24(35)17-22)30(20-9-12-23(34)13-10-20)39(31)32(42)38-16-15-36-28(41)19-38;2-1-3/h6-14,17-18,29-30H,5,15-16,19H2,1-4H3,(H,36,41);1H,(H2,2,3). The van der Waals surface area contributed by atoms with E-state index in [4.69, 9.17) is 26.1 Å². The number of hydrogen-bond acceptors (Lipinski definition) is 6. The molecule has 0 radical (unpaired) electrons. The van der Waals surface area contributed by atoms with Gasteiger partial charge < -0.3 is 20.7 Å². The van der Waals surface area contributed by atoms with Crippen LogP contribution in [0.1, 0.15) is 73.2 Å². The molecule has 2 unspecified atom stereocenters. The highest BCUT2D eigenvalue weighted by Crippen LogP contribution is 2.46. The van der Waals surface area contributed by atoms with Gasteiger partial charge in [-0.15, -0.1) is 0 Å². The summed E-state index contributed by atoms with van der Waals surface area (Å²) in [5, 5.41) is 3.35. The van der Waals surface area contributed by atoms with Gasteiger partial charge in [0.15, 0.2) is 5.78 Å². The van der Waals surface area contributed by atoms with Gasteiger partial charge in [0, 0.05) is 34.6 Å². The molecule has 0 aliphatic carbocycles. The van der Waals surface area contributed by atoms with Crippen LogP contribution in [0.3, 0.4) is 0 Å². The van der Waals surface area contributed by atoms with Gasteiger partial charge in [-0.25, -0.2) is 4.79 Å². The summed E-state index contributed by atoms with van der Waals surface area (Å²) < 4.78 is 7.31. The zero-order valence-corrected chi connectivity index (χ0v) is 28.5. The first-order chi connectivity index (χ1) is 21.9. The second-order valence-corrected chi connectivity index (χ2v) is 13.1. The minimum atomic E-state index is -0.598. The van der Waals surface area contributed by atoms with Crippen LogP contribution in [-0.4, -0.2) is 65.0 Å². The van der Waals surface area contributed by atoms with Gasteiger partial charge in [0.2, 0.25) is 12.3 Å². The summed E-state index contributed by atoms with van der Waals surface area (Å²) in [6.07, 6.45) is 0.597. The van der Waals surface area contributed by atoms with Crippen LogP contribution in [0, 0.1) is 0 Å². The molecule has 46 heavy (non-hydrogen) atoms.